The number of carbonyl (C=O) groups excluding carboxylic acids is 1. The van der Waals surface area contributed by atoms with Gasteiger partial charge >= 0.3 is 6.09 Å². The first-order valence-electron chi connectivity index (χ1n) is 11.5. The van der Waals surface area contributed by atoms with Gasteiger partial charge in [-0.3, -0.25) is 4.90 Å². The molecule has 1 aliphatic heterocycles. The molecule has 2 atom stereocenters. The minimum atomic E-state index is -3.63. The Hall–Kier alpha value is -1.88. The van der Waals surface area contributed by atoms with Gasteiger partial charge in [0.1, 0.15) is 15.1 Å². The maximum absolute atomic E-state index is 13.5. The number of likely N-dealkylation sites (tertiary alicyclic amines) is 1. The molecule has 9 heteroatoms. The lowest BCUT2D eigenvalue weighted by atomic mass is 9.95. The summed E-state index contributed by atoms with van der Waals surface area (Å²) in [7, 11) is -3.63. The minimum Gasteiger partial charge on any atom is -0.494 e. The zero-order chi connectivity index (χ0) is 24.8. The molecule has 34 heavy (non-hydrogen) atoms. The number of sulfone groups is 1. The van der Waals surface area contributed by atoms with Crippen LogP contribution in [0.4, 0.5) is 9.18 Å². The van der Waals surface area contributed by atoms with Gasteiger partial charge in [0.2, 0.25) is 0 Å². The number of amides is 1. The highest BCUT2D eigenvalue weighted by Gasteiger charge is 2.47. The highest BCUT2D eigenvalue weighted by Crippen LogP contribution is 2.41. The molecule has 0 aliphatic carbocycles. The van der Waals surface area contributed by atoms with E-state index in [0.29, 0.717) is 25.2 Å². The summed E-state index contributed by atoms with van der Waals surface area (Å²) < 4.78 is 50.5. The van der Waals surface area contributed by atoms with Crippen molar-refractivity contribution in [1.29, 1.82) is 0 Å². The number of nitrogens with zero attached hydrogens (tertiary/aromatic N) is 1. The summed E-state index contributed by atoms with van der Waals surface area (Å²) >= 11 is 2.16. The fourth-order valence-electron chi connectivity index (χ4n) is 4.09. The van der Waals surface area contributed by atoms with Crippen molar-refractivity contribution in [2.75, 3.05) is 19.8 Å². The van der Waals surface area contributed by atoms with Crippen molar-refractivity contribution in [3.63, 3.8) is 0 Å². The van der Waals surface area contributed by atoms with Gasteiger partial charge in [-0.05, 0) is 68.1 Å². The lowest BCUT2D eigenvalue weighted by Crippen LogP contribution is -2.56. The molecule has 186 valence electrons. The van der Waals surface area contributed by atoms with Gasteiger partial charge in [-0.15, -0.1) is 0 Å². The fourth-order valence-corrected chi connectivity index (χ4v) is 7.61. The lowest BCUT2D eigenvalue weighted by molar-refractivity contribution is 0.0724. The van der Waals surface area contributed by atoms with Crippen molar-refractivity contribution in [3.8, 4) is 5.75 Å². The van der Waals surface area contributed by atoms with Gasteiger partial charge < -0.3 is 9.47 Å². The van der Waals surface area contributed by atoms with E-state index in [4.69, 9.17) is 9.47 Å². The Bertz CT molecular complexity index is 1060. The Morgan fingerprint density at radius 1 is 1.15 bits per heavy atom. The van der Waals surface area contributed by atoms with Crippen LogP contribution in [0.15, 0.2) is 53.4 Å². The van der Waals surface area contributed by atoms with E-state index in [2.05, 4.69) is 29.5 Å². The third kappa shape index (κ3) is 6.41. The second-order valence-electron chi connectivity index (χ2n) is 8.41. The van der Waals surface area contributed by atoms with Gasteiger partial charge in [0, 0.05) is 13.0 Å². The minimum absolute atomic E-state index is 0.229. The summed E-state index contributed by atoms with van der Waals surface area (Å²) in [6.07, 6.45) is 2.41. The summed E-state index contributed by atoms with van der Waals surface area (Å²) in [6, 6.07) is 12.6. The summed E-state index contributed by atoms with van der Waals surface area (Å²) in [6.45, 7) is 4.89. The Morgan fingerprint density at radius 3 is 2.44 bits per heavy atom. The molecule has 2 unspecified atom stereocenters. The number of ether oxygens (including phenoxy) is 2. The van der Waals surface area contributed by atoms with Crippen LogP contribution in [0.5, 0.6) is 5.75 Å². The van der Waals surface area contributed by atoms with Crippen LogP contribution in [-0.2, 0) is 21.0 Å². The van der Waals surface area contributed by atoms with E-state index in [-0.39, 0.29) is 30.3 Å². The number of benzene rings is 2. The van der Waals surface area contributed by atoms with E-state index >= 15 is 0 Å². The van der Waals surface area contributed by atoms with Crippen molar-refractivity contribution in [1.82, 2.24) is 4.90 Å². The van der Waals surface area contributed by atoms with E-state index in [0.717, 1.165) is 18.4 Å². The number of piperidine rings is 1. The quantitative estimate of drug-likeness (QED) is 0.158. The van der Waals surface area contributed by atoms with Gasteiger partial charge in [-0.25, -0.2) is 17.6 Å². The molecule has 1 saturated heterocycles. The standard InChI is InChI=1S/C25H31FINO5S/c1-3-5-16-33-21-10-12-22(13-11-21)34(30,31)23-14-15-28(24(29)32-4-2)25(27,18-23)17-19-6-8-20(26)9-7-19/h6-13,23H,3-5,14-18H2,1-2H3. The van der Waals surface area contributed by atoms with Gasteiger partial charge in [-0.1, -0.05) is 48.1 Å². The lowest BCUT2D eigenvalue weighted by Gasteiger charge is -2.45. The molecule has 6 nitrogen and oxygen atoms in total. The second-order valence-corrected chi connectivity index (χ2v) is 12.6. The summed E-state index contributed by atoms with van der Waals surface area (Å²) in [5, 5.41) is -0.664. The maximum Gasteiger partial charge on any atom is 0.410 e. The van der Waals surface area contributed by atoms with Crippen LogP contribution >= 0.6 is 22.6 Å². The number of hydrogen-bond donors (Lipinski definition) is 0. The van der Waals surface area contributed by atoms with E-state index in [1.807, 2.05) is 0 Å². The van der Waals surface area contributed by atoms with Crippen molar-refractivity contribution >= 4 is 38.5 Å². The van der Waals surface area contributed by atoms with E-state index in [1.165, 1.54) is 12.1 Å². The van der Waals surface area contributed by atoms with Gasteiger partial charge in [0.15, 0.2) is 9.84 Å². The van der Waals surface area contributed by atoms with Gasteiger partial charge in [0.25, 0.3) is 0 Å². The molecule has 2 aromatic rings. The molecular weight excluding hydrogens is 572 g/mol. The Balaban J connectivity index is 1.83. The molecular formula is C25H31FINO5S. The van der Waals surface area contributed by atoms with Crippen LogP contribution < -0.4 is 4.74 Å². The van der Waals surface area contributed by atoms with Gasteiger partial charge in [0.05, 0.1) is 23.4 Å². The summed E-state index contributed by atoms with van der Waals surface area (Å²) in [5.74, 6) is 0.295. The molecule has 1 fully saturated rings. The number of alkyl halides is 1. The number of hydrogen-bond acceptors (Lipinski definition) is 5. The Kier molecular flexibility index (Phi) is 9.20. The topological polar surface area (TPSA) is 72.9 Å². The number of rotatable bonds is 9. The maximum atomic E-state index is 13.5. The van der Waals surface area contributed by atoms with Crippen LogP contribution in [0.2, 0.25) is 0 Å². The normalized spacial score (nSPS) is 20.7. The fraction of sp³-hybridized carbons (Fsp3) is 0.480. The molecule has 1 heterocycles. The molecule has 3 rings (SSSR count). The third-order valence-corrected chi connectivity index (χ3v) is 9.55. The summed E-state index contributed by atoms with van der Waals surface area (Å²) in [4.78, 5) is 14.6. The number of halogens is 2. The predicted octanol–water partition coefficient (Wildman–Crippen LogP) is 5.77. The number of carbonyl (C=O) groups is 1. The molecule has 0 radical (unpaired) electrons. The van der Waals surface area contributed by atoms with Crippen LogP contribution in [0.1, 0.15) is 45.1 Å². The second kappa shape index (κ2) is 11.7. The predicted molar refractivity (Wildman–Crippen MR) is 138 cm³/mol. The highest BCUT2D eigenvalue weighted by atomic mass is 127. The molecule has 0 spiro atoms. The van der Waals surface area contributed by atoms with Crippen molar-refractivity contribution < 1.29 is 27.1 Å². The highest BCUT2D eigenvalue weighted by molar-refractivity contribution is 14.1. The third-order valence-electron chi connectivity index (χ3n) is 5.93. The summed E-state index contributed by atoms with van der Waals surface area (Å²) in [5.41, 5.74) is 0.816. The van der Waals surface area contributed by atoms with Crippen LogP contribution in [0, 0.1) is 5.82 Å². The van der Waals surface area contributed by atoms with Crippen molar-refractivity contribution in [2.45, 2.75) is 59.6 Å². The largest absolute Gasteiger partial charge is 0.494 e. The SMILES string of the molecule is CCCCOc1ccc(S(=O)(=O)C2CCN(C(=O)OCC)C(I)(Cc3ccc(F)cc3)C2)cc1. The Labute approximate surface area is 214 Å². The average Bonchev–Trinajstić information content (AvgIpc) is 2.81. The van der Waals surface area contributed by atoms with Crippen molar-refractivity contribution in [3.05, 3.63) is 59.9 Å². The molecule has 2 aromatic carbocycles. The molecule has 1 amide bonds. The first kappa shape index (κ1) is 26.7. The molecule has 0 N–H and O–H groups in total. The molecule has 0 bridgehead atoms. The smallest absolute Gasteiger partial charge is 0.410 e. The first-order valence-corrected chi connectivity index (χ1v) is 14.2. The van der Waals surface area contributed by atoms with E-state index in [9.17, 15) is 17.6 Å². The Morgan fingerprint density at radius 2 is 1.82 bits per heavy atom. The molecule has 0 saturated carbocycles. The average molecular weight is 603 g/mol. The van der Waals surface area contributed by atoms with Crippen molar-refractivity contribution in [2.24, 2.45) is 0 Å². The first-order chi connectivity index (χ1) is 16.2. The number of unbranched alkanes of at least 4 members (excludes halogenated alkanes) is 1. The van der Waals surface area contributed by atoms with Gasteiger partial charge in [-0.2, -0.15) is 0 Å². The van der Waals surface area contributed by atoms with Crippen LogP contribution in [0.3, 0.4) is 0 Å². The van der Waals surface area contributed by atoms with E-state index < -0.39 is 24.7 Å². The zero-order valence-electron chi connectivity index (χ0n) is 19.5. The monoisotopic (exact) mass is 603 g/mol. The van der Waals surface area contributed by atoms with E-state index in [1.54, 1.807) is 48.2 Å². The van der Waals surface area contributed by atoms with Crippen LogP contribution in [0.25, 0.3) is 0 Å². The molecule has 1 aliphatic rings. The van der Waals surface area contributed by atoms with Crippen LogP contribution in [-0.4, -0.2) is 48.0 Å². The zero-order valence-corrected chi connectivity index (χ0v) is 22.5. The molecule has 0 aromatic heterocycles.